The molecule has 0 aliphatic carbocycles. The summed E-state index contributed by atoms with van der Waals surface area (Å²) in [6, 6.07) is 19.0. The number of amides is 2. The molecule has 0 aliphatic rings. The molecule has 7 nitrogen and oxygen atoms in total. The van der Waals surface area contributed by atoms with Gasteiger partial charge < -0.3 is 23.8 Å². The molecule has 1 aromatic heterocycles. The van der Waals surface area contributed by atoms with Gasteiger partial charge >= 0.3 is 0 Å². The van der Waals surface area contributed by atoms with Crippen LogP contribution in [0.5, 0.6) is 11.5 Å². The first-order valence-electron chi connectivity index (χ1n) is 11.9. The van der Waals surface area contributed by atoms with Crippen LogP contribution in [-0.4, -0.2) is 53.5 Å². The van der Waals surface area contributed by atoms with E-state index >= 15 is 0 Å². The first-order valence-corrected chi connectivity index (χ1v) is 11.9. The average Bonchev–Trinajstić information content (AvgIpc) is 3.29. The molecule has 0 aliphatic heterocycles. The van der Waals surface area contributed by atoms with Crippen molar-refractivity contribution in [1.82, 2.24) is 14.4 Å². The number of aryl methyl sites for hydroxylation is 1. The van der Waals surface area contributed by atoms with Gasteiger partial charge in [0.25, 0.3) is 5.91 Å². The molecule has 35 heavy (non-hydrogen) atoms. The van der Waals surface area contributed by atoms with E-state index in [1.807, 2.05) is 65.2 Å². The summed E-state index contributed by atoms with van der Waals surface area (Å²) in [7, 11) is 5.05. The minimum absolute atomic E-state index is 0.00866. The number of hydrogen-bond acceptors (Lipinski definition) is 4. The molecule has 3 aromatic rings. The SMILES string of the molecule is CCCCN(CC(=O)N(Cc1ccccc1)Cc1cccn1C)C(=O)c1ccc(OC)cc1OC. The fourth-order valence-electron chi connectivity index (χ4n) is 3.90. The fourth-order valence-corrected chi connectivity index (χ4v) is 3.90. The Kier molecular flexibility index (Phi) is 9.35. The molecular formula is C28H35N3O4. The zero-order valence-corrected chi connectivity index (χ0v) is 21.1. The van der Waals surface area contributed by atoms with E-state index in [1.165, 1.54) is 7.11 Å². The standard InChI is InChI=1S/C28H35N3O4/c1-5-6-17-30(28(33)25-15-14-24(34-3)18-26(25)35-4)21-27(32)31(19-22-11-8-7-9-12-22)20-23-13-10-16-29(23)2/h7-16,18H,5-6,17,19-21H2,1-4H3. The topological polar surface area (TPSA) is 64.0 Å². The smallest absolute Gasteiger partial charge is 0.258 e. The first-order chi connectivity index (χ1) is 17.0. The largest absolute Gasteiger partial charge is 0.497 e. The Hall–Kier alpha value is -3.74. The predicted octanol–water partition coefficient (Wildman–Crippen LogP) is 4.51. The summed E-state index contributed by atoms with van der Waals surface area (Å²) < 4.78 is 12.7. The molecular weight excluding hydrogens is 442 g/mol. The fraction of sp³-hybridized carbons (Fsp3) is 0.357. The molecule has 0 radical (unpaired) electrons. The first kappa shape index (κ1) is 25.9. The van der Waals surface area contributed by atoms with Crippen LogP contribution in [-0.2, 0) is 24.9 Å². The highest BCUT2D eigenvalue weighted by Crippen LogP contribution is 2.26. The zero-order chi connectivity index (χ0) is 25.2. The summed E-state index contributed by atoms with van der Waals surface area (Å²) >= 11 is 0. The van der Waals surface area contributed by atoms with E-state index in [0.717, 1.165) is 24.1 Å². The Morgan fingerprint density at radius 1 is 0.914 bits per heavy atom. The van der Waals surface area contributed by atoms with Crippen molar-refractivity contribution >= 4 is 11.8 Å². The summed E-state index contributed by atoms with van der Waals surface area (Å²) in [5.41, 5.74) is 2.48. The minimum Gasteiger partial charge on any atom is -0.497 e. The van der Waals surface area contributed by atoms with Gasteiger partial charge in [-0.15, -0.1) is 0 Å². The van der Waals surface area contributed by atoms with Crippen LogP contribution >= 0.6 is 0 Å². The van der Waals surface area contributed by atoms with Gasteiger partial charge in [0.2, 0.25) is 5.91 Å². The van der Waals surface area contributed by atoms with E-state index in [9.17, 15) is 9.59 Å². The lowest BCUT2D eigenvalue weighted by Gasteiger charge is -2.28. The lowest BCUT2D eigenvalue weighted by Crippen LogP contribution is -2.43. The molecule has 2 amide bonds. The van der Waals surface area contributed by atoms with Gasteiger partial charge in [0.1, 0.15) is 18.0 Å². The van der Waals surface area contributed by atoms with Gasteiger partial charge in [-0.3, -0.25) is 9.59 Å². The molecule has 0 atom stereocenters. The van der Waals surface area contributed by atoms with Crippen molar-refractivity contribution < 1.29 is 19.1 Å². The van der Waals surface area contributed by atoms with Gasteiger partial charge in [0, 0.05) is 38.1 Å². The van der Waals surface area contributed by atoms with Crippen molar-refractivity contribution in [3.63, 3.8) is 0 Å². The lowest BCUT2D eigenvalue weighted by molar-refractivity contribution is -0.133. The van der Waals surface area contributed by atoms with Crippen molar-refractivity contribution in [1.29, 1.82) is 0 Å². The van der Waals surface area contributed by atoms with Crippen LogP contribution in [0.25, 0.3) is 0 Å². The summed E-state index contributed by atoms with van der Waals surface area (Å²) in [5.74, 6) is 0.691. The highest BCUT2D eigenvalue weighted by atomic mass is 16.5. The van der Waals surface area contributed by atoms with E-state index in [4.69, 9.17) is 9.47 Å². The Balaban J connectivity index is 1.85. The summed E-state index contributed by atoms with van der Waals surface area (Å²) in [6.45, 7) is 3.46. The van der Waals surface area contributed by atoms with Crippen molar-refractivity contribution in [3.05, 3.63) is 83.7 Å². The van der Waals surface area contributed by atoms with Gasteiger partial charge in [-0.2, -0.15) is 0 Å². The monoisotopic (exact) mass is 477 g/mol. The number of ether oxygens (including phenoxy) is 2. The van der Waals surface area contributed by atoms with Crippen LogP contribution in [0.2, 0.25) is 0 Å². The predicted molar refractivity (Wildman–Crippen MR) is 136 cm³/mol. The van der Waals surface area contributed by atoms with E-state index in [1.54, 1.807) is 30.2 Å². The maximum absolute atomic E-state index is 13.6. The molecule has 1 heterocycles. The number of rotatable bonds is 12. The third kappa shape index (κ3) is 6.88. The summed E-state index contributed by atoms with van der Waals surface area (Å²) in [5, 5.41) is 0. The second-order valence-electron chi connectivity index (χ2n) is 8.49. The molecule has 0 N–H and O–H groups in total. The number of carbonyl (C=O) groups excluding carboxylic acids is 2. The summed E-state index contributed by atoms with van der Waals surface area (Å²) in [4.78, 5) is 30.6. The third-order valence-corrected chi connectivity index (χ3v) is 6.01. The highest BCUT2D eigenvalue weighted by molar-refractivity contribution is 5.99. The number of nitrogens with zero attached hydrogens (tertiary/aromatic N) is 3. The minimum atomic E-state index is -0.232. The maximum atomic E-state index is 13.6. The van der Waals surface area contributed by atoms with Gasteiger partial charge in [-0.05, 0) is 36.2 Å². The van der Waals surface area contributed by atoms with E-state index in [-0.39, 0.29) is 18.4 Å². The Morgan fingerprint density at radius 2 is 1.69 bits per heavy atom. The van der Waals surface area contributed by atoms with Crippen LogP contribution in [0.1, 0.15) is 41.4 Å². The van der Waals surface area contributed by atoms with Gasteiger partial charge in [-0.1, -0.05) is 43.7 Å². The summed E-state index contributed by atoms with van der Waals surface area (Å²) in [6.07, 6.45) is 3.68. The number of carbonyl (C=O) groups is 2. The molecule has 0 unspecified atom stereocenters. The quantitative estimate of drug-likeness (QED) is 0.385. The molecule has 0 bridgehead atoms. The number of hydrogen-bond donors (Lipinski definition) is 0. The molecule has 3 rings (SSSR count). The van der Waals surface area contributed by atoms with Crippen molar-refractivity contribution in [2.24, 2.45) is 7.05 Å². The Morgan fingerprint density at radius 3 is 2.31 bits per heavy atom. The number of methoxy groups -OCH3 is 2. The van der Waals surface area contributed by atoms with Crippen molar-refractivity contribution in [2.45, 2.75) is 32.9 Å². The second kappa shape index (κ2) is 12.6. The molecule has 7 heteroatoms. The van der Waals surface area contributed by atoms with Gasteiger partial charge in [0.05, 0.1) is 26.3 Å². The molecule has 0 saturated carbocycles. The zero-order valence-electron chi connectivity index (χ0n) is 21.1. The number of benzene rings is 2. The van der Waals surface area contributed by atoms with E-state index < -0.39 is 0 Å². The highest BCUT2D eigenvalue weighted by Gasteiger charge is 2.25. The van der Waals surface area contributed by atoms with E-state index in [0.29, 0.717) is 36.7 Å². The number of unbranched alkanes of at least 4 members (excludes halogenated alkanes) is 1. The third-order valence-electron chi connectivity index (χ3n) is 6.01. The Labute approximate surface area is 207 Å². The normalized spacial score (nSPS) is 10.6. The van der Waals surface area contributed by atoms with Crippen LogP contribution in [0.15, 0.2) is 66.9 Å². The van der Waals surface area contributed by atoms with Crippen LogP contribution in [0.4, 0.5) is 0 Å². The van der Waals surface area contributed by atoms with Crippen molar-refractivity contribution in [2.75, 3.05) is 27.3 Å². The number of aromatic nitrogens is 1. The van der Waals surface area contributed by atoms with Crippen LogP contribution in [0.3, 0.4) is 0 Å². The molecule has 186 valence electrons. The molecule has 0 saturated heterocycles. The Bertz CT molecular complexity index is 1110. The second-order valence-corrected chi connectivity index (χ2v) is 8.49. The van der Waals surface area contributed by atoms with Crippen molar-refractivity contribution in [3.8, 4) is 11.5 Å². The molecule has 0 fully saturated rings. The van der Waals surface area contributed by atoms with Crippen LogP contribution < -0.4 is 9.47 Å². The molecule has 0 spiro atoms. The van der Waals surface area contributed by atoms with E-state index in [2.05, 4.69) is 6.92 Å². The van der Waals surface area contributed by atoms with Crippen LogP contribution in [0, 0.1) is 0 Å². The maximum Gasteiger partial charge on any atom is 0.258 e. The lowest BCUT2D eigenvalue weighted by atomic mass is 10.1. The van der Waals surface area contributed by atoms with Gasteiger partial charge in [-0.25, -0.2) is 0 Å². The average molecular weight is 478 g/mol. The van der Waals surface area contributed by atoms with Gasteiger partial charge in [0.15, 0.2) is 0 Å². The molecule has 2 aromatic carbocycles.